The number of ether oxygens (including phenoxy) is 3. The van der Waals surface area contributed by atoms with Crippen molar-refractivity contribution in [2.75, 3.05) is 13.2 Å². The van der Waals surface area contributed by atoms with Crippen molar-refractivity contribution in [3.05, 3.63) is 0 Å². The topological polar surface area (TPSA) is 78.9 Å². The zero-order valence-electron chi connectivity index (χ0n) is 36.1. The lowest BCUT2D eigenvalue weighted by Gasteiger charge is -2.18. The predicted octanol–water partition coefficient (Wildman–Crippen LogP) is 14.6. The van der Waals surface area contributed by atoms with E-state index in [1.54, 1.807) is 0 Å². The van der Waals surface area contributed by atoms with Gasteiger partial charge < -0.3 is 14.2 Å². The summed E-state index contributed by atoms with van der Waals surface area (Å²) in [5, 5.41) is 0. The average molecular weight is 751 g/mol. The van der Waals surface area contributed by atoms with Crippen molar-refractivity contribution in [3.63, 3.8) is 0 Å². The quantitative estimate of drug-likeness (QED) is 0.0352. The molecule has 0 radical (unpaired) electrons. The van der Waals surface area contributed by atoms with Crippen molar-refractivity contribution in [2.45, 2.75) is 259 Å². The van der Waals surface area contributed by atoms with Gasteiger partial charge in [0.05, 0.1) is 0 Å². The van der Waals surface area contributed by atoms with Crippen LogP contribution in [-0.2, 0) is 28.6 Å². The van der Waals surface area contributed by atoms with E-state index in [-0.39, 0.29) is 31.1 Å². The molecule has 0 amide bonds. The fourth-order valence-electron chi connectivity index (χ4n) is 6.93. The van der Waals surface area contributed by atoms with Gasteiger partial charge in [-0.15, -0.1) is 0 Å². The summed E-state index contributed by atoms with van der Waals surface area (Å²) in [5.74, 6) is 0.742. The van der Waals surface area contributed by atoms with Crippen molar-refractivity contribution < 1.29 is 28.6 Å². The van der Waals surface area contributed by atoms with E-state index in [9.17, 15) is 14.4 Å². The summed E-state index contributed by atoms with van der Waals surface area (Å²) in [6.07, 6.45) is 38.1. The van der Waals surface area contributed by atoms with Crippen LogP contribution in [0.25, 0.3) is 0 Å². The lowest BCUT2D eigenvalue weighted by molar-refractivity contribution is -0.167. The van der Waals surface area contributed by atoms with Gasteiger partial charge in [-0.1, -0.05) is 214 Å². The molecule has 53 heavy (non-hydrogen) atoms. The highest BCUT2D eigenvalue weighted by Gasteiger charge is 2.19. The fraction of sp³-hybridized carbons (Fsp3) is 0.936. The molecule has 0 aromatic rings. The Morgan fingerprint density at radius 2 is 0.623 bits per heavy atom. The first-order valence-corrected chi connectivity index (χ1v) is 23.2. The van der Waals surface area contributed by atoms with Crippen LogP contribution in [0.5, 0.6) is 0 Å². The van der Waals surface area contributed by atoms with Gasteiger partial charge in [-0.25, -0.2) is 0 Å². The van der Waals surface area contributed by atoms with E-state index >= 15 is 0 Å². The average Bonchev–Trinajstić information content (AvgIpc) is 3.12. The third-order valence-corrected chi connectivity index (χ3v) is 10.5. The monoisotopic (exact) mass is 751 g/mol. The SMILES string of the molecule is CCCCCCCCCCCCC(=O)O[C@H](COC(=O)CCCCCCCCCCCCCCCC(C)C)COC(=O)CCCCCCCCC(C)C. The van der Waals surface area contributed by atoms with Crippen LogP contribution in [0.2, 0.25) is 0 Å². The van der Waals surface area contributed by atoms with Crippen LogP contribution < -0.4 is 0 Å². The summed E-state index contributed by atoms with van der Waals surface area (Å²) in [5.41, 5.74) is 0. The highest BCUT2D eigenvalue weighted by Crippen LogP contribution is 2.16. The minimum Gasteiger partial charge on any atom is -0.462 e. The normalized spacial score (nSPS) is 12.1. The Labute approximate surface area is 329 Å². The van der Waals surface area contributed by atoms with Gasteiger partial charge in [-0.05, 0) is 31.1 Å². The van der Waals surface area contributed by atoms with Gasteiger partial charge in [-0.3, -0.25) is 14.4 Å². The molecule has 0 saturated carbocycles. The van der Waals surface area contributed by atoms with E-state index in [0.717, 1.165) is 69.6 Å². The van der Waals surface area contributed by atoms with Crippen molar-refractivity contribution in [1.82, 2.24) is 0 Å². The molecule has 6 nitrogen and oxygen atoms in total. The molecule has 0 aliphatic heterocycles. The lowest BCUT2D eigenvalue weighted by atomic mass is 10.0. The minimum atomic E-state index is -0.760. The lowest BCUT2D eigenvalue weighted by Crippen LogP contribution is -2.30. The van der Waals surface area contributed by atoms with E-state index in [0.29, 0.717) is 19.3 Å². The van der Waals surface area contributed by atoms with Crippen LogP contribution in [0.15, 0.2) is 0 Å². The van der Waals surface area contributed by atoms with Gasteiger partial charge in [-0.2, -0.15) is 0 Å². The Morgan fingerprint density at radius 3 is 0.925 bits per heavy atom. The zero-order chi connectivity index (χ0) is 39.0. The molecule has 0 aromatic heterocycles. The Morgan fingerprint density at radius 1 is 0.358 bits per heavy atom. The van der Waals surface area contributed by atoms with Gasteiger partial charge in [0.1, 0.15) is 13.2 Å². The Hall–Kier alpha value is -1.59. The largest absolute Gasteiger partial charge is 0.462 e. The molecule has 0 bridgehead atoms. The molecule has 0 aromatic carbocycles. The second kappa shape index (κ2) is 40.1. The third-order valence-electron chi connectivity index (χ3n) is 10.5. The van der Waals surface area contributed by atoms with E-state index in [4.69, 9.17) is 14.2 Å². The van der Waals surface area contributed by atoms with Crippen molar-refractivity contribution >= 4 is 17.9 Å². The molecule has 6 heteroatoms. The molecule has 0 rings (SSSR count). The summed E-state index contributed by atoms with van der Waals surface area (Å²) in [6.45, 7) is 11.3. The molecule has 0 heterocycles. The van der Waals surface area contributed by atoms with Crippen LogP contribution in [0, 0.1) is 11.8 Å². The second-order valence-electron chi connectivity index (χ2n) is 17.0. The second-order valence-corrected chi connectivity index (χ2v) is 17.0. The maximum Gasteiger partial charge on any atom is 0.306 e. The number of esters is 3. The summed E-state index contributed by atoms with van der Waals surface area (Å²) in [7, 11) is 0. The smallest absolute Gasteiger partial charge is 0.306 e. The number of hydrogen-bond acceptors (Lipinski definition) is 6. The Bertz CT molecular complexity index is 809. The van der Waals surface area contributed by atoms with Gasteiger partial charge in [0.2, 0.25) is 0 Å². The van der Waals surface area contributed by atoms with E-state index in [1.165, 1.54) is 141 Å². The Balaban J connectivity index is 4.26. The maximum atomic E-state index is 12.7. The summed E-state index contributed by atoms with van der Waals surface area (Å²) >= 11 is 0. The number of rotatable bonds is 41. The Kier molecular flexibility index (Phi) is 38.9. The summed E-state index contributed by atoms with van der Waals surface area (Å²) in [6, 6.07) is 0. The molecule has 0 spiro atoms. The van der Waals surface area contributed by atoms with Gasteiger partial charge in [0.25, 0.3) is 0 Å². The van der Waals surface area contributed by atoms with Crippen molar-refractivity contribution in [2.24, 2.45) is 11.8 Å². The van der Waals surface area contributed by atoms with Gasteiger partial charge in [0, 0.05) is 19.3 Å². The maximum absolute atomic E-state index is 12.7. The third kappa shape index (κ3) is 41.4. The number of unbranched alkanes of at least 4 members (excludes halogenated alkanes) is 26. The number of hydrogen-bond donors (Lipinski definition) is 0. The van der Waals surface area contributed by atoms with Crippen LogP contribution in [-0.4, -0.2) is 37.2 Å². The molecule has 0 N–H and O–H groups in total. The van der Waals surface area contributed by atoms with Crippen LogP contribution in [0.4, 0.5) is 0 Å². The molecule has 0 unspecified atom stereocenters. The fourth-order valence-corrected chi connectivity index (χ4v) is 6.93. The zero-order valence-corrected chi connectivity index (χ0v) is 36.1. The van der Waals surface area contributed by atoms with Crippen molar-refractivity contribution in [3.8, 4) is 0 Å². The van der Waals surface area contributed by atoms with Crippen LogP contribution in [0.3, 0.4) is 0 Å². The first kappa shape index (κ1) is 51.4. The van der Waals surface area contributed by atoms with Crippen molar-refractivity contribution in [1.29, 1.82) is 0 Å². The number of carbonyl (C=O) groups is 3. The van der Waals surface area contributed by atoms with E-state index < -0.39 is 6.10 Å². The van der Waals surface area contributed by atoms with Crippen LogP contribution in [0.1, 0.15) is 253 Å². The van der Waals surface area contributed by atoms with Crippen LogP contribution >= 0.6 is 0 Å². The first-order chi connectivity index (χ1) is 25.7. The molecule has 0 fully saturated rings. The highest BCUT2D eigenvalue weighted by molar-refractivity contribution is 5.71. The standard InChI is InChI=1S/C47H90O6/c1-6-7-8-9-10-11-18-22-29-34-39-47(50)53-44(41-52-46(49)38-33-28-24-23-26-31-36-43(4)5)40-51-45(48)37-32-27-21-19-16-14-12-13-15-17-20-25-30-35-42(2)3/h42-44H,6-41H2,1-5H3/t44-/m1/s1. The highest BCUT2D eigenvalue weighted by atomic mass is 16.6. The van der Waals surface area contributed by atoms with E-state index in [2.05, 4.69) is 34.6 Å². The molecule has 0 aliphatic rings. The summed E-state index contributed by atoms with van der Waals surface area (Å²) in [4.78, 5) is 37.6. The predicted molar refractivity (Wildman–Crippen MR) is 224 cm³/mol. The summed E-state index contributed by atoms with van der Waals surface area (Å²) < 4.78 is 16.7. The molecular weight excluding hydrogens is 661 g/mol. The molecule has 0 saturated heterocycles. The number of carbonyl (C=O) groups excluding carboxylic acids is 3. The first-order valence-electron chi connectivity index (χ1n) is 23.2. The van der Waals surface area contributed by atoms with E-state index in [1.807, 2.05) is 0 Å². The van der Waals surface area contributed by atoms with Gasteiger partial charge in [0.15, 0.2) is 6.10 Å². The molecule has 0 aliphatic carbocycles. The molecule has 314 valence electrons. The molecular formula is C47H90O6. The molecule has 1 atom stereocenters. The van der Waals surface area contributed by atoms with Gasteiger partial charge >= 0.3 is 17.9 Å². The minimum absolute atomic E-state index is 0.0653.